The van der Waals surface area contributed by atoms with Crippen molar-refractivity contribution in [3.8, 4) is 5.75 Å². The molecule has 0 radical (unpaired) electrons. The summed E-state index contributed by atoms with van der Waals surface area (Å²) in [6.07, 6.45) is 4.42. The van der Waals surface area contributed by atoms with Crippen LogP contribution in [0.15, 0.2) is 36.9 Å². The molecule has 0 unspecified atom stereocenters. The van der Waals surface area contributed by atoms with Crippen LogP contribution in [0.2, 0.25) is 0 Å². The summed E-state index contributed by atoms with van der Waals surface area (Å²) in [7, 11) is 1.78. The summed E-state index contributed by atoms with van der Waals surface area (Å²) < 4.78 is 5.42. The minimum atomic E-state index is -0.419. The molecular formula is C16H24N2O2S. The molecule has 0 bridgehead atoms. The van der Waals surface area contributed by atoms with Crippen LogP contribution in [-0.2, 0) is 11.3 Å². The Morgan fingerprint density at radius 3 is 2.71 bits per heavy atom. The number of carbonyl (C=O) groups excluding carboxylic acids is 1. The van der Waals surface area contributed by atoms with Crippen molar-refractivity contribution in [2.75, 3.05) is 25.7 Å². The first-order valence-corrected chi connectivity index (χ1v) is 8.30. The van der Waals surface area contributed by atoms with Crippen LogP contribution in [-0.4, -0.2) is 42.5 Å². The predicted octanol–water partition coefficient (Wildman–Crippen LogP) is 2.29. The van der Waals surface area contributed by atoms with Crippen LogP contribution in [0.5, 0.6) is 5.75 Å². The Kier molecular flexibility index (Phi) is 7.93. The molecule has 0 aliphatic rings. The van der Waals surface area contributed by atoms with Gasteiger partial charge in [0.15, 0.2) is 0 Å². The average molecular weight is 308 g/mol. The molecule has 1 rings (SSSR count). The minimum absolute atomic E-state index is 0.0176. The van der Waals surface area contributed by atoms with E-state index >= 15 is 0 Å². The van der Waals surface area contributed by atoms with E-state index in [-0.39, 0.29) is 5.91 Å². The maximum atomic E-state index is 12.1. The van der Waals surface area contributed by atoms with E-state index in [1.807, 2.05) is 30.5 Å². The van der Waals surface area contributed by atoms with E-state index in [0.717, 1.165) is 17.1 Å². The Labute approximate surface area is 131 Å². The molecule has 116 valence electrons. The molecule has 0 saturated carbocycles. The van der Waals surface area contributed by atoms with Crippen molar-refractivity contribution in [3.63, 3.8) is 0 Å². The second-order valence-corrected chi connectivity index (χ2v) is 5.81. The van der Waals surface area contributed by atoms with Gasteiger partial charge in [0.05, 0.1) is 6.04 Å². The van der Waals surface area contributed by atoms with Crippen molar-refractivity contribution in [2.45, 2.75) is 19.0 Å². The highest BCUT2D eigenvalue weighted by Crippen LogP contribution is 2.14. The zero-order valence-electron chi connectivity index (χ0n) is 12.7. The predicted molar refractivity (Wildman–Crippen MR) is 89.6 cm³/mol. The van der Waals surface area contributed by atoms with E-state index in [1.165, 1.54) is 0 Å². The lowest BCUT2D eigenvalue weighted by Gasteiger charge is -2.21. The lowest BCUT2D eigenvalue weighted by atomic mass is 10.1. The van der Waals surface area contributed by atoms with Crippen LogP contribution in [0.3, 0.4) is 0 Å². The first-order valence-electron chi connectivity index (χ1n) is 6.90. The molecule has 5 heteroatoms. The highest BCUT2D eigenvalue weighted by Gasteiger charge is 2.17. The van der Waals surface area contributed by atoms with Gasteiger partial charge in [-0.2, -0.15) is 11.8 Å². The average Bonchev–Trinajstić information content (AvgIpc) is 2.51. The van der Waals surface area contributed by atoms with E-state index in [1.54, 1.807) is 29.8 Å². The van der Waals surface area contributed by atoms with E-state index in [4.69, 9.17) is 10.5 Å². The molecule has 0 aliphatic carbocycles. The van der Waals surface area contributed by atoms with Crippen LogP contribution in [0.1, 0.15) is 12.0 Å². The molecule has 1 atom stereocenters. The van der Waals surface area contributed by atoms with E-state index in [9.17, 15) is 4.79 Å². The number of hydrogen-bond donors (Lipinski definition) is 1. The molecule has 0 spiro atoms. The smallest absolute Gasteiger partial charge is 0.239 e. The topological polar surface area (TPSA) is 55.6 Å². The van der Waals surface area contributed by atoms with Crippen LogP contribution >= 0.6 is 11.8 Å². The zero-order valence-corrected chi connectivity index (χ0v) is 13.6. The molecule has 1 aromatic carbocycles. The summed E-state index contributed by atoms with van der Waals surface area (Å²) in [6, 6.07) is 7.28. The lowest BCUT2D eigenvalue weighted by molar-refractivity contribution is -0.131. The summed E-state index contributed by atoms with van der Waals surface area (Å²) in [4.78, 5) is 13.8. The summed E-state index contributed by atoms with van der Waals surface area (Å²) >= 11 is 1.70. The number of amides is 1. The number of rotatable bonds is 9. The zero-order chi connectivity index (χ0) is 15.7. The Morgan fingerprint density at radius 2 is 2.14 bits per heavy atom. The summed E-state index contributed by atoms with van der Waals surface area (Å²) in [5, 5.41) is 0. The van der Waals surface area contributed by atoms with Gasteiger partial charge >= 0.3 is 0 Å². The number of carbonyl (C=O) groups is 1. The SMILES string of the molecule is C=CCOc1ccc(CN(C)C(=O)[C@H](N)CCSC)cc1. The molecular weight excluding hydrogens is 284 g/mol. The highest BCUT2D eigenvalue weighted by atomic mass is 32.2. The third-order valence-corrected chi connectivity index (χ3v) is 3.68. The van der Waals surface area contributed by atoms with Crippen molar-refractivity contribution in [1.82, 2.24) is 4.90 Å². The summed E-state index contributed by atoms with van der Waals surface area (Å²) in [6.45, 7) is 4.64. The molecule has 0 fully saturated rings. The van der Waals surface area contributed by atoms with Gasteiger partial charge in [0.2, 0.25) is 5.91 Å². The van der Waals surface area contributed by atoms with Crippen molar-refractivity contribution in [1.29, 1.82) is 0 Å². The number of nitrogens with zero attached hydrogens (tertiary/aromatic N) is 1. The van der Waals surface area contributed by atoms with E-state index < -0.39 is 6.04 Å². The largest absolute Gasteiger partial charge is 0.490 e. The number of ether oxygens (including phenoxy) is 1. The quantitative estimate of drug-likeness (QED) is 0.711. The maximum absolute atomic E-state index is 12.1. The van der Waals surface area contributed by atoms with Crippen molar-refractivity contribution >= 4 is 17.7 Å². The second kappa shape index (κ2) is 9.47. The summed E-state index contributed by atoms with van der Waals surface area (Å²) in [5.74, 6) is 1.68. The molecule has 1 amide bonds. The Balaban J connectivity index is 2.51. The molecule has 4 nitrogen and oxygen atoms in total. The number of likely N-dealkylation sites (N-methyl/N-ethyl adjacent to an activating group) is 1. The van der Waals surface area contributed by atoms with Gasteiger partial charge in [0.1, 0.15) is 12.4 Å². The van der Waals surface area contributed by atoms with Gasteiger partial charge < -0.3 is 15.4 Å². The van der Waals surface area contributed by atoms with E-state index in [0.29, 0.717) is 19.6 Å². The van der Waals surface area contributed by atoms with Gasteiger partial charge in [-0.25, -0.2) is 0 Å². The van der Waals surface area contributed by atoms with Crippen LogP contribution in [0.4, 0.5) is 0 Å². The fourth-order valence-electron chi connectivity index (χ4n) is 1.85. The molecule has 0 heterocycles. The van der Waals surface area contributed by atoms with Gasteiger partial charge in [0, 0.05) is 13.6 Å². The van der Waals surface area contributed by atoms with Gasteiger partial charge in [-0.1, -0.05) is 24.8 Å². The lowest BCUT2D eigenvalue weighted by Crippen LogP contribution is -2.41. The normalized spacial score (nSPS) is 11.8. The standard InChI is InChI=1S/C16H24N2O2S/c1-4-10-20-14-7-5-13(6-8-14)12-18(2)16(19)15(17)9-11-21-3/h4-8,15H,1,9-12,17H2,2-3H3/t15-/m1/s1. The number of hydrogen-bond acceptors (Lipinski definition) is 4. The van der Waals surface area contributed by atoms with Crippen LogP contribution in [0.25, 0.3) is 0 Å². The van der Waals surface area contributed by atoms with Gasteiger partial charge in [-0.15, -0.1) is 0 Å². The molecule has 0 aromatic heterocycles. The van der Waals surface area contributed by atoms with Crippen LogP contribution in [0, 0.1) is 0 Å². The summed E-state index contributed by atoms with van der Waals surface area (Å²) in [5.41, 5.74) is 6.95. The van der Waals surface area contributed by atoms with Crippen LogP contribution < -0.4 is 10.5 Å². The van der Waals surface area contributed by atoms with Gasteiger partial charge in [0.25, 0.3) is 0 Å². The Morgan fingerprint density at radius 1 is 1.48 bits per heavy atom. The number of thioether (sulfide) groups is 1. The molecule has 21 heavy (non-hydrogen) atoms. The first kappa shape index (κ1) is 17.6. The number of nitrogens with two attached hydrogens (primary N) is 1. The first-order chi connectivity index (χ1) is 10.1. The Bertz CT molecular complexity index is 448. The van der Waals surface area contributed by atoms with Crippen molar-refractivity contribution in [2.24, 2.45) is 5.73 Å². The van der Waals surface area contributed by atoms with Gasteiger partial charge in [-0.05, 0) is 36.1 Å². The molecule has 2 N–H and O–H groups in total. The third-order valence-electron chi connectivity index (χ3n) is 3.04. The Hall–Kier alpha value is -1.46. The molecule has 0 aliphatic heterocycles. The molecule has 1 aromatic rings. The van der Waals surface area contributed by atoms with Crippen molar-refractivity contribution < 1.29 is 9.53 Å². The maximum Gasteiger partial charge on any atom is 0.239 e. The fourth-order valence-corrected chi connectivity index (χ4v) is 2.34. The van der Waals surface area contributed by atoms with E-state index in [2.05, 4.69) is 6.58 Å². The number of benzene rings is 1. The molecule has 0 saturated heterocycles. The minimum Gasteiger partial charge on any atom is -0.490 e. The van der Waals surface area contributed by atoms with Crippen molar-refractivity contribution in [3.05, 3.63) is 42.5 Å². The van der Waals surface area contributed by atoms with Gasteiger partial charge in [-0.3, -0.25) is 4.79 Å². The second-order valence-electron chi connectivity index (χ2n) is 4.83. The third kappa shape index (κ3) is 6.23. The fraction of sp³-hybridized carbons (Fsp3) is 0.438. The highest BCUT2D eigenvalue weighted by molar-refractivity contribution is 7.98. The monoisotopic (exact) mass is 308 g/mol.